The molecule has 0 saturated heterocycles. The highest BCUT2D eigenvalue weighted by molar-refractivity contribution is 6.31. The molecule has 0 aliphatic rings. The van der Waals surface area contributed by atoms with E-state index < -0.39 is 0 Å². The SMILES string of the molecule is CNc1nccc(N(C)Cc2ccccc2Cl)n1. The van der Waals surface area contributed by atoms with E-state index in [2.05, 4.69) is 15.3 Å². The quantitative estimate of drug-likeness (QED) is 0.920. The predicted molar refractivity (Wildman–Crippen MR) is 75.1 cm³/mol. The normalized spacial score (nSPS) is 10.2. The summed E-state index contributed by atoms with van der Waals surface area (Å²) in [6.45, 7) is 0.708. The van der Waals surface area contributed by atoms with Crippen molar-refractivity contribution in [1.82, 2.24) is 9.97 Å². The molecule has 1 aromatic heterocycles. The van der Waals surface area contributed by atoms with E-state index in [9.17, 15) is 0 Å². The van der Waals surface area contributed by atoms with Crippen LogP contribution in [0.2, 0.25) is 5.02 Å². The molecule has 2 aromatic rings. The molecule has 2 rings (SSSR count). The number of hydrogen-bond acceptors (Lipinski definition) is 4. The van der Waals surface area contributed by atoms with Crippen molar-refractivity contribution in [3.8, 4) is 0 Å². The molecule has 94 valence electrons. The Morgan fingerprint density at radius 3 is 2.78 bits per heavy atom. The Hall–Kier alpha value is -1.81. The number of nitrogens with one attached hydrogen (secondary N) is 1. The van der Waals surface area contributed by atoms with Gasteiger partial charge in [-0.3, -0.25) is 0 Å². The zero-order valence-electron chi connectivity index (χ0n) is 10.4. The van der Waals surface area contributed by atoms with Crippen molar-refractivity contribution in [2.24, 2.45) is 0 Å². The molecule has 0 aliphatic carbocycles. The van der Waals surface area contributed by atoms with Crippen molar-refractivity contribution in [1.29, 1.82) is 0 Å². The van der Waals surface area contributed by atoms with E-state index in [1.165, 1.54) is 0 Å². The molecule has 0 saturated carbocycles. The van der Waals surface area contributed by atoms with Crippen molar-refractivity contribution >= 4 is 23.4 Å². The lowest BCUT2D eigenvalue weighted by molar-refractivity contribution is 0.892. The molecule has 1 aromatic carbocycles. The zero-order chi connectivity index (χ0) is 13.0. The Morgan fingerprint density at radius 2 is 2.06 bits per heavy atom. The minimum Gasteiger partial charge on any atom is -0.357 e. The number of nitrogens with zero attached hydrogens (tertiary/aromatic N) is 3. The van der Waals surface area contributed by atoms with Crippen molar-refractivity contribution < 1.29 is 0 Å². The van der Waals surface area contributed by atoms with Crippen LogP contribution in [0.4, 0.5) is 11.8 Å². The Labute approximate surface area is 112 Å². The highest BCUT2D eigenvalue weighted by Gasteiger charge is 2.07. The van der Waals surface area contributed by atoms with E-state index in [0.717, 1.165) is 16.4 Å². The maximum Gasteiger partial charge on any atom is 0.224 e. The highest BCUT2D eigenvalue weighted by atomic mass is 35.5. The van der Waals surface area contributed by atoms with Gasteiger partial charge in [-0.15, -0.1) is 0 Å². The third-order valence-electron chi connectivity index (χ3n) is 2.62. The van der Waals surface area contributed by atoms with Gasteiger partial charge in [0, 0.05) is 31.9 Å². The van der Waals surface area contributed by atoms with Crippen LogP contribution in [0.15, 0.2) is 36.5 Å². The van der Waals surface area contributed by atoms with Crippen LogP contribution in [-0.4, -0.2) is 24.1 Å². The summed E-state index contributed by atoms with van der Waals surface area (Å²) in [6.07, 6.45) is 1.73. The topological polar surface area (TPSA) is 41.1 Å². The van der Waals surface area contributed by atoms with Gasteiger partial charge in [0.2, 0.25) is 5.95 Å². The van der Waals surface area contributed by atoms with Gasteiger partial charge in [0.1, 0.15) is 5.82 Å². The van der Waals surface area contributed by atoms with Gasteiger partial charge in [0.15, 0.2) is 0 Å². The minimum atomic E-state index is 0.610. The average molecular weight is 263 g/mol. The molecule has 0 fully saturated rings. The van der Waals surface area contributed by atoms with Crippen LogP contribution in [0.25, 0.3) is 0 Å². The maximum absolute atomic E-state index is 6.14. The van der Waals surface area contributed by atoms with Gasteiger partial charge in [-0.2, -0.15) is 4.98 Å². The molecule has 1 N–H and O–H groups in total. The lowest BCUT2D eigenvalue weighted by atomic mass is 10.2. The minimum absolute atomic E-state index is 0.610. The number of aromatic nitrogens is 2. The van der Waals surface area contributed by atoms with Crippen LogP contribution >= 0.6 is 11.6 Å². The summed E-state index contributed by atoms with van der Waals surface area (Å²) in [5, 5.41) is 3.69. The molecule has 4 nitrogen and oxygen atoms in total. The Kier molecular flexibility index (Phi) is 3.99. The van der Waals surface area contributed by atoms with Gasteiger partial charge in [0.05, 0.1) is 0 Å². The molecule has 1 heterocycles. The third-order valence-corrected chi connectivity index (χ3v) is 2.99. The van der Waals surface area contributed by atoms with E-state index in [4.69, 9.17) is 11.6 Å². The summed E-state index contributed by atoms with van der Waals surface area (Å²) >= 11 is 6.14. The molecule has 0 unspecified atom stereocenters. The molecule has 0 aliphatic heterocycles. The Bertz CT molecular complexity index is 530. The Balaban J connectivity index is 2.16. The van der Waals surface area contributed by atoms with Gasteiger partial charge >= 0.3 is 0 Å². The maximum atomic E-state index is 6.14. The standard InChI is InChI=1S/C13H15ClN4/c1-15-13-16-8-7-12(17-13)18(2)9-10-5-3-4-6-11(10)14/h3-8H,9H2,1-2H3,(H,15,16,17). The fraction of sp³-hybridized carbons (Fsp3) is 0.231. The molecule has 0 spiro atoms. The van der Waals surface area contributed by atoms with Crippen molar-refractivity contribution in [3.63, 3.8) is 0 Å². The second kappa shape index (κ2) is 5.69. The number of anilines is 2. The summed E-state index contributed by atoms with van der Waals surface area (Å²) in [5.74, 6) is 1.47. The fourth-order valence-electron chi connectivity index (χ4n) is 1.65. The summed E-state index contributed by atoms with van der Waals surface area (Å²) in [4.78, 5) is 10.5. The van der Waals surface area contributed by atoms with E-state index in [1.54, 1.807) is 13.2 Å². The van der Waals surface area contributed by atoms with Gasteiger partial charge in [-0.1, -0.05) is 29.8 Å². The third kappa shape index (κ3) is 2.90. The summed E-state index contributed by atoms with van der Waals surface area (Å²) < 4.78 is 0. The summed E-state index contributed by atoms with van der Waals surface area (Å²) in [7, 11) is 3.78. The van der Waals surface area contributed by atoms with Gasteiger partial charge in [0.25, 0.3) is 0 Å². The van der Waals surface area contributed by atoms with Crippen LogP contribution in [0.1, 0.15) is 5.56 Å². The summed E-state index contributed by atoms with van der Waals surface area (Å²) in [5.41, 5.74) is 1.08. The van der Waals surface area contributed by atoms with Crippen LogP contribution in [0.3, 0.4) is 0 Å². The first-order chi connectivity index (χ1) is 8.70. The van der Waals surface area contributed by atoms with Crippen LogP contribution in [-0.2, 0) is 6.54 Å². The number of benzene rings is 1. The molecular weight excluding hydrogens is 248 g/mol. The van der Waals surface area contributed by atoms with Gasteiger partial charge in [-0.25, -0.2) is 4.98 Å². The molecule has 5 heteroatoms. The number of rotatable bonds is 4. The van der Waals surface area contributed by atoms with Gasteiger partial charge in [-0.05, 0) is 17.7 Å². The van der Waals surface area contributed by atoms with Crippen molar-refractivity contribution in [2.75, 3.05) is 24.3 Å². The molecule has 0 radical (unpaired) electrons. The van der Waals surface area contributed by atoms with E-state index in [-0.39, 0.29) is 0 Å². The largest absolute Gasteiger partial charge is 0.357 e. The Morgan fingerprint density at radius 1 is 1.28 bits per heavy atom. The number of halogens is 1. The smallest absolute Gasteiger partial charge is 0.224 e. The molecule has 0 atom stereocenters. The zero-order valence-corrected chi connectivity index (χ0v) is 11.1. The average Bonchev–Trinajstić information content (AvgIpc) is 2.41. The van der Waals surface area contributed by atoms with E-state index >= 15 is 0 Å². The second-order valence-corrected chi connectivity index (χ2v) is 4.34. The van der Waals surface area contributed by atoms with Crippen LogP contribution < -0.4 is 10.2 Å². The predicted octanol–water partition coefficient (Wildman–Crippen LogP) is 2.81. The molecule has 0 amide bonds. The molecule has 18 heavy (non-hydrogen) atoms. The van der Waals surface area contributed by atoms with E-state index in [0.29, 0.717) is 12.5 Å². The van der Waals surface area contributed by atoms with Crippen molar-refractivity contribution in [2.45, 2.75) is 6.54 Å². The first-order valence-electron chi connectivity index (χ1n) is 5.66. The van der Waals surface area contributed by atoms with Gasteiger partial charge < -0.3 is 10.2 Å². The monoisotopic (exact) mass is 262 g/mol. The molecular formula is C13H15ClN4. The van der Waals surface area contributed by atoms with E-state index in [1.807, 2.05) is 42.3 Å². The lowest BCUT2D eigenvalue weighted by Crippen LogP contribution is -2.18. The van der Waals surface area contributed by atoms with Crippen LogP contribution in [0.5, 0.6) is 0 Å². The lowest BCUT2D eigenvalue weighted by Gasteiger charge is -2.19. The second-order valence-electron chi connectivity index (χ2n) is 3.94. The molecule has 0 bridgehead atoms. The fourth-order valence-corrected chi connectivity index (χ4v) is 1.84. The van der Waals surface area contributed by atoms with Crippen LogP contribution in [0, 0.1) is 0 Å². The summed E-state index contributed by atoms with van der Waals surface area (Å²) in [6, 6.07) is 9.68. The highest BCUT2D eigenvalue weighted by Crippen LogP contribution is 2.19. The van der Waals surface area contributed by atoms with Crippen molar-refractivity contribution in [3.05, 3.63) is 47.1 Å². The first kappa shape index (κ1) is 12.6. The number of hydrogen-bond donors (Lipinski definition) is 1. The first-order valence-corrected chi connectivity index (χ1v) is 6.04.